The van der Waals surface area contributed by atoms with Crippen LogP contribution < -0.4 is 24.8 Å². The summed E-state index contributed by atoms with van der Waals surface area (Å²) in [6, 6.07) is 18.1. The van der Waals surface area contributed by atoms with Crippen molar-refractivity contribution < 1.29 is 50.7 Å². The number of fused-ring (bicyclic) bond motifs is 3. The minimum atomic E-state index is 0. The molecule has 0 N–H and O–H groups in total. The standard InChI is InChI=1S/C13H9.C5H5.C3H7.2ClH.Hf/c1-3-7-12-10(5-1)9-11-6-2-4-8-13(11)12;1-2-4-5-3-1;1-3-2;;;/h1-5,7-8H,9H2;1-3H,4H2;3H,1-2H3;2*1H;/q3*-1;;;/p-2. The van der Waals surface area contributed by atoms with E-state index in [-0.39, 0.29) is 50.7 Å². The average molecular weight is 523 g/mol. The van der Waals surface area contributed by atoms with Gasteiger partial charge in [0.2, 0.25) is 0 Å². The van der Waals surface area contributed by atoms with E-state index in [4.69, 9.17) is 0 Å². The number of benzene rings is 2. The van der Waals surface area contributed by atoms with E-state index in [1.165, 1.54) is 22.3 Å². The van der Waals surface area contributed by atoms with Crippen LogP contribution in [0.15, 0.2) is 60.7 Å². The predicted molar refractivity (Wildman–Crippen MR) is 90.7 cm³/mol. The molecule has 0 saturated heterocycles. The van der Waals surface area contributed by atoms with Crippen LogP contribution in [0, 0.1) is 18.6 Å². The summed E-state index contributed by atoms with van der Waals surface area (Å²) in [4.78, 5) is 0. The minimum absolute atomic E-state index is 0. The normalized spacial score (nSPS) is 11.1. The van der Waals surface area contributed by atoms with E-state index in [1.54, 1.807) is 0 Å². The fourth-order valence-electron chi connectivity index (χ4n) is 2.34. The van der Waals surface area contributed by atoms with Gasteiger partial charge in [0.1, 0.15) is 0 Å². The molecule has 2 aliphatic rings. The van der Waals surface area contributed by atoms with Crippen molar-refractivity contribution in [2.75, 3.05) is 0 Å². The molecule has 0 aromatic heterocycles. The van der Waals surface area contributed by atoms with Gasteiger partial charge >= 0.3 is 0 Å². The van der Waals surface area contributed by atoms with Crippen molar-refractivity contribution >= 4 is 0 Å². The van der Waals surface area contributed by atoms with Gasteiger partial charge in [-0.1, -0.05) is 35.4 Å². The topological polar surface area (TPSA) is 0 Å². The van der Waals surface area contributed by atoms with Gasteiger partial charge in [0, 0.05) is 25.8 Å². The summed E-state index contributed by atoms with van der Waals surface area (Å²) >= 11 is 0. The first-order valence-corrected chi connectivity index (χ1v) is 7.40. The van der Waals surface area contributed by atoms with Gasteiger partial charge in [-0.3, -0.25) is 6.08 Å². The Bertz CT molecular complexity index is 580. The second kappa shape index (κ2) is 14.7. The van der Waals surface area contributed by atoms with Crippen LogP contribution in [0.2, 0.25) is 0 Å². The zero-order chi connectivity index (χ0) is 14.9. The van der Waals surface area contributed by atoms with Gasteiger partial charge < -0.3 is 31.2 Å². The molecule has 128 valence electrons. The molecule has 0 radical (unpaired) electrons. The fourth-order valence-corrected chi connectivity index (χ4v) is 2.34. The Morgan fingerprint density at radius 2 is 1.62 bits per heavy atom. The summed E-state index contributed by atoms with van der Waals surface area (Å²) in [5.41, 5.74) is 5.51. The maximum atomic E-state index is 3.30. The molecule has 2 aliphatic carbocycles. The second-order valence-electron chi connectivity index (χ2n) is 4.98. The molecule has 0 bridgehead atoms. The molecule has 0 aliphatic heterocycles. The Labute approximate surface area is 178 Å². The Hall–Kier alpha value is -0.630. The van der Waals surface area contributed by atoms with E-state index in [0.29, 0.717) is 0 Å². The van der Waals surface area contributed by atoms with Gasteiger partial charge in [0.15, 0.2) is 0 Å². The predicted octanol–water partition coefficient (Wildman–Crippen LogP) is -0.400. The van der Waals surface area contributed by atoms with Crippen molar-refractivity contribution in [2.24, 2.45) is 0 Å². The first-order valence-electron chi connectivity index (χ1n) is 7.40. The number of allylic oxidation sites excluding steroid dienone is 4. The summed E-state index contributed by atoms with van der Waals surface area (Å²) in [6.45, 7) is 4.00. The molecule has 4 rings (SSSR count). The van der Waals surface area contributed by atoms with Crippen LogP contribution in [0.4, 0.5) is 0 Å². The summed E-state index contributed by atoms with van der Waals surface area (Å²) < 4.78 is 0. The number of rotatable bonds is 0. The molecule has 2 aromatic carbocycles. The van der Waals surface area contributed by atoms with E-state index in [9.17, 15) is 0 Å². The minimum Gasteiger partial charge on any atom is -1.00 e. The molecule has 0 unspecified atom stereocenters. The molecule has 3 heteroatoms. The molecular formula is C21H21Cl2Hf-5. The van der Waals surface area contributed by atoms with Crippen molar-refractivity contribution in [3.05, 3.63) is 90.4 Å². The van der Waals surface area contributed by atoms with Crippen LogP contribution in [0.3, 0.4) is 0 Å². The van der Waals surface area contributed by atoms with Crippen molar-refractivity contribution in [1.82, 2.24) is 0 Å². The van der Waals surface area contributed by atoms with Crippen molar-refractivity contribution in [2.45, 2.75) is 26.7 Å². The Kier molecular flexibility index (Phi) is 15.7. The van der Waals surface area contributed by atoms with Crippen LogP contribution in [-0.2, 0) is 32.3 Å². The summed E-state index contributed by atoms with van der Waals surface area (Å²) in [5.74, 6) is 0. The smallest absolute Gasteiger partial charge is 0 e. The Balaban J connectivity index is 0. The van der Waals surface area contributed by atoms with Crippen LogP contribution in [0.1, 0.15) is 31.4 Å². The molecule has 0 saturated carbocycles. The number of hydrogen-bond acceptors (Lipinski definition) is 0. The van der Waals surface area contributed by atoms with Crippen molar-refractivity contribution in [3.63, 3.8) is 0 Å². The van der Waals surface area contributed by atoms with E-state index in [1.807, 2.05) is 38.5 Å². The van der Waals surface area contributed by atoms with Gasteiger partial charge in [-0.15, -0.1) is 12.0 Å². The van der Waals surface area contributed by atoms with Crippen LogP contribution in [-0.4, -0.2) is 0 Å². The van der Waals surface area contributed by atoms with E-state index in [0.717, 1.165) is 12.8 Å². The third kappa shape index (κ3) is 7.51. The van der Waals surface area contributed by atoms with Crippen LogP contribution in [0.25, 0.3) is 11.1 Å². The van der Waals surface area contributed by atoms with Gasteiger partial charge in [-0.2, -0.15) is 49.8 Å². The van der Waals surface area contributed by atoms with Gasteiger partial charge in [-0.25, -0.2) is 12.2 Å². The van der Waals surface area contributed by atoms with Gasteiger partial charge in [-0.05, 0) is 6.42 Å². The number of hydrogen-bond donors (Lipinski definition) is 0. The van der Waals surface area contributed by atoms with E-state index >= 15 is 0 Å². The third-order valence-corrected chi connectivity index (χ3v) is 3.20. The second-order valence-corrected chi connectivity index (χ2v) is 4.98. The van der Waals surface area contributed by atoms with Crippen molar-refractivity contribution in [3.8, 4) is 11.1 Å². The SMILES string of the molecule is C[CH-]C.[C-]1=CC=CC1.[Cl-].[Cl-].[Hf].[c-]1cccc2c1Cc1ccccc1-2. The molecule has 0 fully saturated rings. The molecule has 2 aromatic rings. The quantitative estimate of drug-likeness (QED) is 0.279. The molecular weight excluding hydrogens is 502 g/mol. The van der Waals surface area contributed by atoms with Crippen LogP contribution in [0.5, 0.6) is 0 Å². The maximum absolute atomic E-state index is 3.30. The summed E-state index contributed by atoms with van der Waals surface area (Å²) in [5, 5.41) is 0. The average Bonchev–Trinajstić information content (AvgIpc) is 3.19. The van der Waals surface area contributed by atoms with Crippen molar-refractivity contribution in [1.29, 1.82) is 0 Å². The monoisotopic (exact) mass is 523 g/mol. The van der Waals surface area contributed by atoms with Gasteiger partial charge in [0.05, 0.1) is 0 Å². The first kappa shape index (κ1) is 25.6. The molecule has 0 atom stereocenters. The Morgan fingerprint density at radius 3 is 2.21 bits per heavy atom. The van der Waals surface area contributed by atoms with E-state index < -0.39 is 0 Å². The number of halogens is 2. The molecule has 0 heterocycles. The zero-order valence-electron chi connectivity index (χ0n) is 14.0. The van der Waals surface area contributed by atoms with E-state index in [2.05, 4.69) is 54.6 Å². The molecule has 0 nitrogen and oxygen atoms in total. The molecule has 24 heavy (non-hydrogen) atoms. The third-order valence-electron chi connectivity index (χ3n) is 3.20. The zero-order valence-corrected chi connectivity index (χ0v) is 19.1. The summed E-state index contributed by atoms with van der Waals surface area (Å²) in [6.07, 6.45) is 13.0. The van der Waals surface area contributed by atoms with Crippen LogP contribution >= 0.6 is 0 Å². The van der Waals surface area contributed by atoms with Gasteiger partial charge in [0.25, 0.3) is 0 Å². The maximum Gasteiger partial charge on any atom is 0 e. The Morgan fingerprint density at radius 1 is 0.958 bits per heavy atom. The summed E-state index contributed by atoms with van der Waals surface area (Å²) in [7, 11) is 0. The first-order chi connectivity index (χ1) is 10.4. The fraction of sp³-hybridized carbons (Fsp3) is 0.190. The molecule has 0 amide bonds. The largest absolute Gasteiger partial charge is 1.00 e. The molecule has 0 spiro atoms.